The average Bonchev–Trinajstić information content (AvgIpc) is 3.38. The minimum Gasteiger partial charge on any atom is -0.368 e. The molecule has 8 nitrogen and oxygen atoms in total. The number of rotatable bonds is 3. The van der Waals surface area contributed by atoms with Gasteiger partial charge in [-0.15, -0.1) is 24.0 Å². The Balaban J connectivity index is 0.00000225. The van der Waals surface area contributed by atoms with E-state index in [4.69, 9.17) is 9.72 Å². The van der Waals surface area contributed by atoms with E-state index in [1.165, 1.54) is 18.7 Å². The second-order valence-corrected chi connectivity index (χ2v) is 7.51. The molecule has 4 heterocycles. The Kier molecular flexibility index (Phi) is 7.55. The highest BCUT2D eigenvalue weighted by Gasteiger charge is 2.30. The highest BCUT2D eigenvalue weighted by Crippen LogP contribution is 2.16. The van der Waals surface area contributed by atoms with Crippen LogP contribution < -0.4 is 5.32 Å². The molecule has 4 rings (SSSR count). The highest BCUT2D eigenvalue weighted by molar-refractivity contribution is 14.0. The zero-order valence-corrected chi connectivity index (χ0v) is 18.9. The van der Waals surface area contributed by atoms with Crippen LogP contribution in [0.2, 0.25) is 0 Å². The van der Waals surface area contributed by atoms with Gasteiger partial charge < -0.3 is 24.4 Å². The number of fused-ring (bicyclic) bond motifs is 1. The molecule has 0 saturated carbocycles. The number of nitrogens with zero attached hydrogens (tertiary/aromatic N) is 5. The van der Waals surface area contributed by atoms with E-state index >= 15 is 0 Å². The molecule has 0 radical (unpaired) electrons. The van der Waals surface area contributed by atoms with Crippen molar-refractivity contribution in [2.24, 2.45) is 4.99 Å². The van der Waals surface area contributed by atoms with Crippen LogP contribution in [-0.4, -0.2) is 77.2 Å². The SMILES string of the molecule is CN=C(NCc1cn2c(n1)CCCC2)N1CCN(C(=O)C2CCCO2)CC1.I. The molecule has 1 aromatic heterocycles. The topological polar surface area (TPSA) is 75.0 Å². The molecule has 156 valence electrons. The van der Waals surface area contributed by atoms with Crippen LogP contribution in [0.1, 0.15) is 37.2 Å². The standard InChI is InChI=1S/C19H30N6O2.HI/c1-20-19(21-13-15-14-25-7-3-2-6-17(25)22-15)24-10-8-23(9-11-24)18(26)16-5-4-12-27-16;/h14,16H,2-13H2,1H3,(H,20,21);1H. The van der Waals surface area contributed by atoms with E-state index in [0.717, 1.165) is 63.6 Å². The zero-order valence-electron chi connectivity index (χ0n) is 16.6. The van der Waals surface area contributed by atoms with Crippen molar-refractivity contribution in [3.8, 4) is 0 Å². The Labute approximate surface area is 183 Å². The molecule has 1 atom stereocenters. The largest absolute Gasteiger partial charge is 0.368 e. The Morgan fingerprint density at radius 1 is 1.21 bits per heavy atom. The van der Waals surface area contributed by atoms with Crippen LogP contribution >= 0.6 is 24.0 Å². The van der Waals surface area contributed by atoms with E-state index in [-0.39, 0.29) is 36.0 Å². The molecule has 0 spiro atoms. The van der Waals surface area contributed by atoms with Gasteiger partial charge in [0, 0.05) is 59.0 Å². The van der Waals surface area contributed by atoms with Crippen molar-refractivity contribution in [1.29, 1.82) is 0 Å². The summed E-state index contributed by atoms with van der Waals surface area (Å²) in [6.07, 6.45) is 7.35. The number of aliphatic imine (C=N–C) groups is 1. The molecule has 3 aliphatic rings. The summed E-state index contributed by atoms with van der Waals surface area (Å²) in [6.45, 7) is 5.50. The van der Waals surface area contributed by atoms with Crippen LogP contribution in [0.3, 0.4) is 0 Å². The van der Waals surface area contributed by atoms with Crippen LogP contribution in [0.5, 0.6) is 0 Å². The fourth-order valence-electron chi connectivity index (χ4n) is 4.17. The second kappa shape index (κ2) is 9.91. The summed E-state index contributed by atoms with van der Waals surface area (Å²) in [4.78, 5) is 25.8. The molecular weight excluding hydrogens is 471 g/mol. The maximum absolute atomic E-state index is 12.5. The van der Waals surface area contributed by atoms with Gasteiger partial charge in [-0.1, -0.05) is 0 Å². The number of nitrogens with one attached hydrogen (secondary N) is 1. The number of halogens is 1. The third-order valence-electron chi connectivity index (χ3n) is 5.69. The van der Waals surface area contributed by atoms with Gasteiger partial charge in [-0.3, -0.25) is 9.79 Å². The fourth-order valence-corrected chi connectivity index (χ4v) is 4.17. The van der Waals surface area contributed by atoms with Gasteiger partial charge >= 0.3 is 0 Å². The number of piperazine rings is 1. The lowest BCUT2D eigenvalue weighted by atomic mass is 10.2. The molecule has 2 fully saturated rings. The van der Waals surface area contributed by atoms with Crippen molar-refractivity contribution in [3.05, 3.63) is 17.7 Å². The number of ether oxygens (including phenoxy) is 1. The summed E-state index contributed by atoms with van der Waals surface area (Å²) in [7, 11) is 1.81. The van der Waals surface area contributed by atoms with E-state index in [1.54, 1.807) is 0 Å². The van der Waals surface area contributed by atoms with Crippen LogP contribution in [0, 0.1) is 0 Å². The van der Waals surface area contributed by atoms with Crippen molar-refractivity contribution in [2.75, 3.05) is 39.8 Å². The molecule has 1 N–H and O–H groups in total. The summed E-state index contributed by atoms with van der Waals surface area (Å²) in [6, 6.07) is 0. The van der Waals surface area contributed by atoms with Gasteiger partial charge in [0.15, 0.2) is 5.96 Å². The van der Waals surface area contributed by atoms with Crippen LogP contribution in [0.15, 0.2) is 11.2 Å². The third-order valence-corrected chi connectivity index (χ3v) is 5.69. The number of aromatic nitrogens is 2. The number of hydrogen-bond donors (Lipinski definition) is 1. The zero-order chi connectivity index (χ0) is 18.6. The summed E-state index contributed by atoms with van der Waals surface area (Å²) in [5.41, 5.74) is 1.07. The number of carbonyl (C=O) groups is 1. The number of carbonyl (C=O) groups excluding carboxylic acids is 1. The average molecular weight is 502 g/mol. The molecule has 9 heteroatoms. The van der Waals surface area contributed by atoms with Gasteiger partial charge in [0.25, 0.3) is 5.91 Å². The minimum atomic E-state index is -0.221. The Hall–Kier alpha value is -1.36. The summed E-state index contributed by atoms with van der Waals surface area (Å²) in [5, 5.41) is 3.44. The lowest BCUT2D eigenvalue weighted by Gasteiger charge is -2.37. The molecule has 2 saturated heterocycles. The van der Waals surface area contributed by atoms with Crippen molar-refractivity contribution in [2.45, 2.75) is 51.3 Å². The number of guanidine groups is 1. The van der Waals surface area contributed by atoms with E-state index in [1.807, 2.05) is 11.9 Å². The first-order valence-corrected chi connectivity index (χ1v) is 10.2. The number of aryl methyl sites for hydroxylation is 2. The fraction of sp³-hybridized carbons (Fsp3) is 0.737. The Morgan fingerprint density at radius 2 is 2.00 bits per heavy atom. The highest BCUT2D eigenvalue weighted by atomic mass is 127. The molecule has 0 aliphatic carbocycles. The van der Waals surface area contributed by atoms with Gasteiger partial charge in [0.05, 0.1) is 12.2 Å². The maximum atomic E-state index is 12.5. The predicted molar refractivity (Wildman–Crippen MR) is 118 cm³/mol. The predicted octanol–water partition coefficient (Wildman–Crippen LogP) is 1.24. The normalized spacial score (nSPS) is 22.6. The van der Waals surface area contributed by atoms with Crippen LogP contribution in [-0.2, 0) is 29.0 Å². The lowest BCUT2D eigenvalue weighted by Crippen LogP contribution is -2.55. The van der Waals surface area contributed by atoms with Crippen LogP contribution in [0.4, 0.5) is 0 Å². The molecule has 28 heavy (non-hydrogen) atoms. The first-order valence-electron chi connectivity index (χ1n) is 10.2. The first kappa shape index (κ1) is 21.4. The van der Waals surface area contributed by atoms with Gasteiger partial charge in [0.1, 0.15) is 11.9 Å². The summed E-state index contributed by atoms with van der Waals surface area (Å²) in [5.74, 6) is 2.23. The molecule has 1 aromatic rings. The van der Waals surface area contributed by atoms with Crippen molar-refractivity contribution in [3.63, 3.8) is 0 Å². The Bertz CT molecular complexity index is 669. The van der Waals surface area contributed by atoms with Crippen LogP contribution in [0.25, 0.3) is 0 Å². The Morgan fingerprint density at radius 3 is 2.68 bits per heavy atom. The molecular formula is C19H31IN6O2. The smallest absolute Gasteiger partial charge is 0.251 e. The summed E-state index contributed by atoms with van der Waals surface area (Å²) < 4.78 is 7.81. The monoisotopic (exact) mass is 502 g/mol. The molecule has 1 unspecified atom stereocenters. The van der Waals surface area contributed by atoms with Crippen molar-refractivity contribution in [1.82, 2.24) is 24.7 Å². The number of hydrogen-bond acceptors (Lipinski definition) is 4. The summed E-state index contributed by atoms with van der Waals surface area (Å²) >= 11 is 0. The van der Waals surface area contributed by atoms with Gasteiger partial charge in [-0.2, -0.15) is 0 Å². The minimum absolute atomic E-state index is 0. The maximum Gasteiger partial charge on any atom is 0.251 e. The molecule has 0 aromatic carbocycles. The van der Waals surface area contributed by atoms with Gasteiger partial charge in [-0.05, 0) is 25.7 Å². The van der Waals surface area contributed by atoms with Crippen molar-refractivity contribution < 1.29 is 9.53 Å². The molecule has 0 bridgehead atoms. The third kappa shape index (κ3) is 4.79. The van der Waals surface area contributed by atoms with E-state index in [2.05, 4.69) is 26.0 Å². The number of imidazole rings is 1. The lowest BCUT2D eigenvalue weighted by molar-refractivity contribution is -0.142. The molecule has 1 amide bonds. The number of amides is 1. The molecule has 3 aliphatic heterocycles. The van der Waals surface area contributed by atoms with E-state index in [0.29, 0.717) is 13.2 Å². The van der Waals surface area contributed by atoms with Crippen molar-refractivity contribution >= 4 is 35.8 Å². The van der Waals surface area contributed by atoms with Gasteiger partial charge in [0.2, 0.25) is 0 Å². The van der Waals surface area contributed by atoms with E-state index in [9.17, 15) is 4.79 Å². The van der Waals surface area contributed by atoms with Gasteiger partial charge in [-0.25, -0.2) is 4.98 Å². The quantitative estimate of drug-likeness (QED) is 0.383. The van der Waals surface area contributed by atoms with E-state index < -0.39 is 0 Å². The second-order valence-electron chi connectivity index (χ2n) is 7.51. The first-order chi connectivity index (χ1) is 13.2.